The molecule has 4 aromatic rings. The molecule has 0 bridgehead atoms. The number of aromatic nitrogens is 2. The molecule has 4 rings (SSSR count). The van der Waals surface area contributed by atoms with Gasteiger partial charge in [-0.25, -0.2) is 4.98 Å². The van der Waals surface area contributed by atoms with Gasteiger partial charge >= 0.3 is 0 Å². The molecule has 0 saturated carbocycles. The smallest absolute Gasteiger partial charge is 0.262 e. The lowest BCUT2D eigenvalue weighted by Crippen LogP contribution is -2.25. The summed E-state index contributed by atoms with van der Waals surface area (Å²) in [6.45, 7) is 2.22. The Hall–Kier alpha value is -2.80. The fourth-order valence-electron chi connectivity index (χ4n) is 3.21. The van der Waals surface area contributed by atoms with Crippen molar-refractivity contribution < 1.29 is 4.79 Å². The summed E-state index contributed by atoms with van der Waals surface area (Å²) in [7, 11) is 0. The zero-order valence-electron chi connectivity index (χ0n) is 17.1. The average molecular weight is 484 g/mol. The second kappa shape index (κ2) is 9.77. The van der Waals surface area contributed by atoms with Gasteiger partial charge in [0.1, 0.15) is 0 Å². The van der Waals surface area contributed by atoms with Crippen molar-refractivity contribution >= 4 is 57.5 Å². The van der Waals surface area contributed by atoms with Gasteiger partial charge in [0.2, 0.25) is 5.91 Å². The van der Waals surface area contributed by atoms with Crippen molar-refractivity contribution in [1.82, 2.24) is 9.55 Å². The largest absolute Gasteiger partial charge is 0.325 e. The highest BCUT2D eigenvalue weighted by atomic mass is 35.5. The van der Waals surface area contributed by atoms with Crippen LogP contribution in [-0.2, 0) is 11.3 Å². The molecule has 1 amide bonds. The number of amides is 1. The van der Waals surface area contributed by atoms with Crippen LogP contribution >= 0.6 is 35.0 Å². The van der Waals surface area contributed by atoms with E-state index in [1.807, 2.05) is 37.3 Å². The topological polar surface area (TPSA) is 64.0 Å². The molecule has 0 atom stereocenters. The Morgan fingerprint density at radius 1 is 1.03 bits per heavy atom. The first-order valence-corrected chi connectivity index (χ1v) is 11.6. The molecule has 162 valence electrons. The normalized spacial score (nSPS) is 11.0. The van der Waals surface area contributed by atoms with Gasteiger partial charge in [-0.2, -0.15) is 0 Å². The van der Waals surface area contributed by atoms with Crippen molar-refractivity contribution in [2.45, 2.75) is 18.6 Å². The van der Waals surface area contributed by atoms with Gasteiger partial charge in [0.15, 0.2) is 5.16 Å². The summed E-state index contributed by atoms with van der Waals surface area (Å²) < 4.78 is 1.59. The van der Waals surface area contributed by atoms with Gasteiger partial charge in [-0.1, -0.05) is 65.3 Å². The molecule has 5 nitrogen and oxygen atoms in total. The molecule has 1 aromatic heterocycles. The van der Waals surface area contributed by atoms with Gasteiger partial charge in [-0.15, -0.1) is 0 Å². The van der Waals surface area contributed by atoms with E-state index in [-0.39, 0.29) is 17.2 Å². The predicted octanol–water partition coefficient (Wildman–Crippen LogP) is 5.79. The number of halogens is 2. The number of carbonyl (C=O) groups excluding carboxylic acids is 1. The van der Waals surface area contributed by atoms with Crippen molar-refractivity contribution in [3.8, 4) is 0 Å². The van der Waals surface area contributed by atoms with Gasteiger partial charge in [-0.05, 0) is 54.4 Å². The first-order valence-electron chi connectivity index (χ1n) is 9.83. The Bertz CT molecular complexity index is 1350. The molecule has 0 aliphatic heterocycles. The third-order valence-corrected chi connectivity index (χ3v) is 6.35. The van der Waals surface area contributed by atoms with Gasteiger partial charge in [-0.3, -0.25) is 14.2 Å². The molecule has 3 aromatic carbocycles. The summed E-state index contributed by atoms with van der Waals surface area (Å²) in [6, 6.07) is 19.8. The van der Waals surface area contributed by atoms with Crippen LogP contribution in [0.1, 0.15) is 11.1 Å². The molecule has 0 unspecified atom stereocenters. The van der Waals surface area contributed by atoms with Crippen LogP contribution in [0.3, 0.4) is 0 Å². The third kappa shape index (κ3) is 5.15. The number of aryl methyl sites for hydroxylation is 1. The fraction of sp³-hybridized carbons (Fsp3) is 0.125. The lowest BCUT2D eigenvalue weighted by atomic mass is 10.2. The van der Waals surface area contributed by atoms with E-state index in [0.717, 1.165) is 11.1 Å². The molecular weight excluding hydrogens is 465 g/mol. The quantitative estimate of drug-likeness (QED) is 0.278. The van der Waals surface area contributed by atoms with Gasteiger partial charge in [0.05, 0.1) is 23.2 Å². The maximum atomic E-state index is 13.2. The Balaban J connectivity index is 1.61. The molecule has 0 spiro atoms. The van der Waals surface area contributed by atoms with Crippen molar-refractivity contribution in [2.75, 3.05) is 11.1 Å². The minimum absolute atomic E-state index is 0.0946. The fourth-order valence-corrected chi connectivity index (χ4v) is 4.31. The maximum Gasteiger partial charge on any atom is 0.262 e. The monoisotopic (exact) mass is 483 g/mol. The SMILES string of the molecule is Cc1ccc(Cl)cc1NC(=O)CSc1nc2ccccc2c(=O)n1Cc1ccc(Cl)cc1. The molecular formula is C24H19Cl2N3O2S. The van der Waals surface area contributed by atoms with Gasteiger partial charge in [0.25, 0.3) is 5.56 Å². The van der Waals surface area contributed by atoms with E-state index < -0.39 is 0 Å². The van der Waals surface area contributed by atoms with Crippen molar-refractivity contribution in [1.29, 1.82) is 0 Å². The summed E-state index contributed by atoms with van der Waals surface area (Å²) in [5, 5.41) is 5.05. The van der Waals surface area contributed by atoms with Crippen LogP contribution in [-0.4, -0.2) is 21.2 Å². The summed E-state index contributed by atoms with van der Waals surface area (Å²) in [5.74, 6) is -0.113. The molecule has 1 N–H and O–H groups in total. The number of nitrogens with one attached hydrogen (secondary N) is 1. The Morgan fingerprint density at radius 2 is 1.75 bits per heavy atom. The van der Waals surface area contributed by atoms with Gasteiger partial charge < -0.3 is 5.32 Å². The zero-order valence-corrected chi connectivity index (χ0v) is 19.5. The van der Waals surface area contributed by atoms with E-state index >= 15 is 0 Å². The lowest BCUT2D eigenvalue weighted by Gasteiger charge is -2.14. The number of carbonyl (C=O) groups is 1. The van der Waals surface area contributed by atoms with Crippen LogP contribution in [0, 0.1) is 6.92 Å². The highest BCUT2D eigenvalue weighted by molar-refractivity contribution is 7.99. The molecule has 0 aliphatic carbocycles. The van der Waals surface area contributed by atoms with Crippen molar-refractivity contribution in [2.24, 2.45) is 0 Å². The maximum absolute atomic E-state index is 13.2. The van der Waals surface area contributed by atoms with Crippen LogP contribution in [0.5, 0.6) is 0 Å². The van der Waals surface area contributed by atoms with Crippen LogP contribution in [0.4, 0.5) is 5.69 Å². The zero-order chi connectivity index (χ0) is 22.7. The van der Waals surface area contributed by atoms with E-state index in [9.17, 15) is 9.59 Å². The van der Waals surface area contributed by atoms with Crippen molar-refractivity contribution in [3.63, 3.8) is 0 Å². The summed E-state index contributed by atoms with van der Waals surface area (Å²) in [6.07, 6.45) is 0. The van der Waals surface area contributed by atoms with E-state index in [1.165, 1.54) is 11.8 Å². The number of hydrogen-bond donors (Lipinski definition) is 1. The Kier molecular flexibility index (Phi) is 6.84. The number of thioether (sulfide) groups is 1. The third-order valence-electron chi connectivity index (χ3n) is 4.89. The lowest BCUT2D eigenvalue weighted by molar-refractivity contribution is -0.113. The molecule has 32 heavy (non-hydrogen) atoms. The molecule has 0 radical (unpaired) electrons. The number of nitrogens with zero attached hydrogens (tertiary/aromatic N) is 2. The number of anilines is 1. The second-order valence-corrected chi connectivity index (χ2v) is 9.04. The summed E-state index contributed by atoms with van der Waals surface area (Å²) in [5.41, 5.74) is 2.93. The highest BCUT2D eigenvalue weighted by Gasteiger charge is 2.14. The van der Waals surface area contributed by atoms with Crippen LogP contribution in [0.25, 0.3) is 10.9 Å². The number of para-hydroxylation sites is 1. The van der Waals surface area contributed by atoms with Crippen molar-refractivity contribution in [3.05, 3.63) is 98.3 Å². The van der Waals surface area contributed by atoms with E-state index in [1.54, 1.807) is 41.0 Å². The first kappa shape index (κ1) is 22.4. The molecule has 8 heteroatoms. The van der Waals surface area contributed by atoms with E-state index in [4.69, 9.17) is 23.2 Å². The second-order valence-electron chi connectivity index (χ2n) is 7.23. The number of rotatable bonds is 6. The highest BCUT2D eigenvalue weighted by Crippen LogP contribution is 2.23. The molecule has 1 heterocycles. The average Bonchev–Trinajstić information content (AvgIpc) is 2.78. The Labute approximate surface area is 199 Å². The standard InChI is InChI=1S/C24H19Cl2N3O2S/c1-15-6-9-18(26)12-21(15)27-22(30)14-32-24-28-20-5-3-2-4-19(20)23(31)29(24)13-16-7-10-17(25)11-8-16/h2-12H,13-14H2,1H3,(H,27,30). The predicted molar refractivity (Wildman–Crippen MR) is 132 cm³/mol. The summed E-state index contributed by atoms with van der Waals surface area (Å²) >= 11 is 13.2. The molecule has 0 saturated heterocycles. The van der Waals surface area contributed by atoms with E-state index in [0.29, 0.717) is 38.3 Å². The van der Waals surface area contributed by atoms with Gasteiger partial charge in [0, 0.05) is 15.7 Å². The minimum atomic E-state index is -0.208. The molecule has 0 aliphatic rings. The summed E-state index contributed by atoms with van der Waals surface area (Å²) in [4.78, 5) is 30.5. The number of fused-ring (bicyclic) bond motifs is 1. The first-order chi connectivity index (χ1) is 15.4. The Morgan fingerprint density at radius 3 is 2.53 bits per heavy atom. The van der Waals surface area contributed by atoms with E-state index in [2.05, 4.69) is 10.3 Å². The van der Waals surface area contributed by atoms with Crippen LogP contribution in [0.2, 0.25) is 10.0 Å². The minimum Gasteiger partial charge on any atom is -0.325 e. The van der Waals surface area contributed by atoms with Crippen LogP contribution in [0.15, 0.2) is 76.7 Å². The van der Waals surface area contributed by atoms with Crippen LogP contribution < -0.4 is 10.9 Å². The number of hydrogen-bond acceptors (Lipinski definition) is 4. The number of benzene rings is 3. The molecule has 0 fully saturated rings.